The molecule has 0 radical (unpaired) electrons. The minimum Gasteiger partial charge on any atom is -0.487 e. The molecule has 0 saturated heterocycles. The second-order valence-corrected chi connectivity index (χ2v) is 12.4. The van der Waals surface area contributed by atoms with Gasteiger partial charge in [-0.25, -0.2) is 18.2 Å². The second-order valence-electron chi connectivity index (χ2n) is 11.3. The molecule has 14 heteroatoms. The van der Waals surface area contributed by atoms with Gasteiger partial charge in [-0.05, 0) is 67.4 Å². The number of aromatic nitrogens is 2. The number of nitrogens with one attached hydrogen (secondary N) is 2. The number of hydrogen-bond donors (Lipinski definition) is 2. The lowest BCUT2D eigenvalue weighted by atomic mass is 10.1. The highest BCUT2D eigenvalue weighted by atomic mass is 32.1. The van der Waals surface area contributed by atoms with E-state index >= 15 is 0 Å². The van der Waals surface area contributed by atoms with Crippen molar-refractivity contribution in [2.45, 2.75) is 32.0 Å². The fourth-order valence-corrected chi connectivity index (χ4v) is 5.84. The van der Waals surface area contributed by atoms with E-state index in [0.717, 1.165) is 18.2 Å². The molecule has 1 unspecified atom stereocenters. The lowest BCUT2D eigenvalue weighted by Gasteiger charge is -2.18. The van der Waals surface area contributed by atoms with E-state index < -0.39 is 40.9 Å². The Labute approximate surface area is 288 Å². The minimum atomic E-state index is -1.18. The molecule has 0 aliphatic heterocycles. The maximum Gasteiger partial charge on any atom is 0.274 e. The Morgan fingerprint density at radius 2 is 1.80 bits per heavy atom. The number of nitrogens with zero attached hydrogens (tertiary/aromatic N) is 3. The van der Waals surface area contributed by atoms with Crippen molar-refractivity contribution >= 4 is 45.0 Å². The zero-order valence-corrected chi connectivity index (χ0v) is 27.8. The fraction of sp³-hybridized carbons (Fsp3) is 0.194. The number of halogens is 3. The van der Waals surface area contributed by atoms with Crippen LogP contribution in [-0.4, -0.2) is 52.3 Å². The van der Waals surface area contributed by atoms with Crippen LogP contribution in [0.5, 0.6) is 5.75 Å². The van der Waals surface area contributed by atoms with Crippen molar-refractivity contribution in [3.63, 3.8) is 0 Å². The van der Waals surface area contributed by atoms with E-state index in [1.165, 1.54) is 63.4 Å². The van der Waals surface area contributed by atoms with Crippen LogP contribution in [-0.2, 0) is 22.7 Å². The Morgan fingerprint density at radius 1 is 1.00 bits per heavy atom. The average Bonchev–Trinajstić information content (AvgIpc) is 3.50. The standard InChI is InChI=1S/C36H32F3N5O5S/c1-43(2)32(45)15-6-5-11-28(41-34(46)24-9-3-4-10-25(24)38)35(47)42-29-13-8-18-44(36(29)48)20-31-40-27-12-7-14-30(33(27)50-31)49-21-22-16-17-23(37)19-26(22)39/h3-4,6-10,12-19,28H,5,11,20-21H2,1-2H3,(H,41,46)(H,42,47)/b15-6+. The van der Waals surface area contributed by atoms with Crippen molar-refractivity contribution < 1.29 is 32.3 Å². The molecule has 258 valence electrons. The summed E-state index contributed by atoms with van der Waals surface area (Å²) in [5, 5.41) is 5.66. The number of benzene rings is 3. The quantitative estimate of drug-likeness (QED) is 0.153. The van der Waals surface area contributed by atoms with Gasteiger partial charge in [-0.15, -0.1) is 11.3 Å². The molecular formula is C36H32F3N5O5S. The highest BCUT2D eigenvalue weighted by Gasteiger charge is 2.24. The van der Waals surface area contributed by atoms with Gasteiger partial charge in [-0.1, -0.05) is 24.3 Å². The second kappa shape index (κ2) is 16.1. The van der Waals surface area contributed by atoms with Gasteiger partial charge < -0.3 is 24.8 Å². The van der Waals surface area contributed by atoms with Crippen LogP contribution in [0.4, 0.5) is 18.9 Å². The number of pyridine rings is 1. The predicted molar refractivity (Wildman–Crippen MR) is 183 cm³/mol. The van der Waals surface area contributed by atoms with Crippen molar-refractivity contribution in [1.29, 1.82) is 0 Å². The molecule has 0 aliphatic carbocycles. The van der Waals surface area contributed by atoms with E-state index in [2.05, 4.69) is 15.6 Å². The number of allylic oxidation sites excluding steroid dienone is 1. The van der Waals surface area contributed by atoms with Crippen LogP contribution in [0.1, 0.15) is 33.8 Å². The topological polar surface area (TPSA) is 123 Å². The molecule has 5 aromatic rings. The first-order valence-corrected chi connectivity index (χ1v) is 16.2. The van der Waals surface area contributed by atoms with Gasteiger partial charge in [-0.2, -0.15) is 0 Å². The molecular weight excluding hydrogens is 671 g/mol. The Balaban J connectivity index is 1.31. The van der Waals surface area contributed by atoms with Gasteiger partial charge in [-0.3, -0.25) is 19.2 Å². The number of likely N-dealkylation sites (N-methyl/N-ethyl adjacent to an activating group) is 1. The smallest absolute Gasteiger partial charge is 0.274 e. The van der Waals surface area contributed by atoms with Gasteiger partial charge >= 0.3 is 0 Å². The number of fused-ring (bicyclic) bond motifs is 1. The number of rotatable bonds is 13. The molecule has 0 fully saturated rings. The fourth-order valence-electron chi connectivity index (χ4n) is 4.81. The maximum atomic E-state index is 14.3. The van der Waals surface area contributed by atoms with E-state index in [9.17, 15) is 32.3 Å². The zero-order chi connectivity index (χ0) is 35.8. The van der Waals surface area contributed by atoms with E-state index in [-0.39, 0.29) is 48.7 Å². The van der Waals surface area contributed by atoms with Crippen molar-refractivity contribution in [3.8, 4) is 5.75 Å². The molecule has 3 aromatic carbocycles. The summed E-state index contributed by atoms with van der Waals surface area (Å²) in [6.45, 7) is -0.0854. The predicted octanol–water partition coefficient (Wildman–Crippen LogP) is 5.66. The van der Waals surface area contributed by atoms with Crippen LogP contribution < -0.4 is 20.9 Å². The largest absolute Gasteiger partial charge is 0.487 e. The molecule has 0 bridgehead atoms. The van der Waals surface area contributed by atoms with Crippen LogP contribution in [0, 0.1) is 17.5 Å². The average molecular weight is 704 g/mol. The van der Waals surface area contributed by atoms with Crippen molar-refractivity contribution in [2.75, 3.05) is 19.4 Å². The third kappa shape index (κ3) is 8.82. The number of anilines is 1. The summed E-state index contributed by atoms with van der Waals surface area (Å²) >= 11 is 1.27. The van der Waals surface area contributed by atoms with Crippen LogP contribution in [0.2, 0.25) is 0 Å². The van der Waals surface area contributed by atoms with Gasteiger partial charge in [0, 0.05) is 31.9 Å². The van der Waals surface area contributed by atoms with Gasteiger partial charge in [0.15, 0.2) is 0 Å². The molecule has 0 saturated carbocycles. The van der Waals surface area contributed by atoms with E-state index in [1.54, 1.807) is 44.4 Å². The van der Waals surface area contributed by atoms with Crippen molar-refractivity contribution in [3.05, 3.63) is 135 Å². The lowest BCUT2D eigenvalue weighted by Crippen LogP contribution is -2.44. The molecule has 3 amide bonds. The lowest BCUT2D eigenvalue weighted by molar-refractivity contribution is -0.123. The number of ether oxygens (including phenoxy) is 1. The summed E-state index contributed by atoms with van der Waals surface area (Å²) in [7, 11) is 3.18. The molecule has 1 atom stereocenters. The maximum absolute atomic E-state index is 14.3. The highest BCUT2D eigenvalue weighted by molar-refractivity contribution is 7.19. The minimum absolute atomic E-state index is 0.0477. The van der Waals surface area contributed by atoms with Crippen LogP contribution in [0.15, 0.2) is 95.9 Å². The molecule has 2 heterocycles. The molecule has 5 rings (SSSR count). The Hall–Kier alpha value is -5.76. The van der Waals surface area contributed by atoms with Crippen LogP contribution in [0.3, 0.4) is 0 Å². The first-order chi connectivity index (χ1) is 24.0. The summed E-state index contributed by atoms with van der Waals surface area (Å²) in [6.07, 6.45) is 4.70. The zero-order valence-electron chi connectivity index (χ0n) is 27.0. The number of thiazole rings is 1. The molecule has 50 heavy (non-hydrogen) atoms. The molecule has 2 N–H and O–H groups in total. The van der Waals surface area contributed by atoms with Crippen LogP contribution >= 0.6 is 11.3 Å². The summed E-state index contributed by atoms with van der Waals surface area (Å²) in [5.74, 6) is -3.52. The van der Waals surface area contributed by atoms with Crippen LogP contribution in [0.25, 0.3) is 10.2 Å². The third-order valence-electron chi connectivity index (χ3n) is 7.47. The molecule has 0 spiro atoms. The summed E-state index contributed by atoms with van der Waals surface area (Å²) in [6, 6.07) is 15.6. The highest BCUT2D eigenvalue weighted by Crippen LogP contribution is 2.32. The number of carbonyl (C=O) groups is 3. The summed E-state index contributed by atoms with van der Waals surface area (Å²) in [4.78, 5) is 57.7. The van der Waals surface area contributed by atoms with Gasteiger partial charge in [0.1, 0.15) is 46.5 Å². The van der Waals surface area contributed by atoms with E-state index in [1.807, 2.05) is 0 Å². The number of amides is 3. The summed E-state index contributed by atoms with van der Waals surface area (Å²) in [5.41, 5.74) is -0.0815. The van der Waals surface area contributed by atoms with Gasteiger partial charge in [0.05, 0.1) is 22.3 Å². The summed E-state index contributed by atoms with van der Waals surface area (Å²) < 4.78 is 49.6. The Kier molecular flexibility index (Phi) is 11.4. The first-order valence-electron chi connectivity index (χ1n) is 15.4. The normalized spacial score (nSPS) is 11.8. The number of hydrogen-bond acceptors (Lipinski definition) is 7. The SMILES string of the molecule is CN(C)C(=O)/C=C/CCC(NC(=O)c1ccccc1F)C(=O)Nc1cccn(Cc2nc3cccc(OCc4ccc(F)cc4F)c3s2)c1=O. The molecule has 0 aliphatic rings. The van der Waals surface area contributed by atoms with E-state index in [0.29, 0.717) is 21.0 Å². The third-order valence-corrected chi connectivity index (χ3v) is 8.54. The van der Waals surface area contributed by atoms with Gasteiger partial charge in [0.2, 0.25) is 11.8 Å². The Bertz CT molecular complexity index is 2130. The first kappa shape index (κ1) is 35.5. The van der Waals surface area contributed by atoms with E-state index in [4.69, 9.17) is 4.74 Å². The number of carbonyl (C=O) groups excluding carboxylic acids is 3. The van der Waals surface area contributed by atoms with Crippen molar-refractivity contribution in [1.82, 2.24) is 19.8 Å². The molecule has 10 nitrogen and oxygen atoms in total. The molecule has 2 aromatic heterocycles. The van der Waals surface area contributed by atoms with Crippen molar-refractivity contribution in [2.24, 2.45) is 0 Å². The Morgan fingerprint density at radius 3 is 2.56 bits per heavy atom. The monoisotopic (exact) mass is 703 g/mol. The van der Waals surface area contributed by atoms with Gasteiger partial charge in [0.25, 0.3) is 11.5 Å².